The first kappa shape index (κ1) is 12.0. The van der Waals surface area contributed by atoms with Crippen LogP contribution in [0.15, 0.2) is 0 Å². The highest BCUT2D eigenvalue weighted by atomic mass is 16.3. The molecule has 1 rings (SSSR count). The molecule has 0 aliphatic carbocycles. The minimum absolute atomic E-state index is 0.120. The summed E-state index contributed by atoms with van der Waals surface area (Å²) in [7, 11) is 0. The molecule has 14 heavy (non-hydrogen) atoms. The Bertz CT molecular complexity index is 153. The molecular weight excluding hydrogens is 176 g/mol. The van der Waals surface area contributed by atoms with Crippen LogP contribution in [0.5, 0.6) is 0 Å². The van der Waals surface area contributed by atoms with Gasteiger partial charge in [0.25, 0.3) is 0 Å². The van der Waals surface area contributed by atoms with Crippen LogP contribution in [0.25, 0.3) is 0 Å². The van der Waals surface area contributed by atoms with Crippen molar-refractivity contribution >= 4 is 0 Å². The minimum atomic E-state index is -0.120. The van der Waals surface area contributed by atoms with Gasteiger partial charge in [0.15, 0.2) is 0 Å². The van der Waals surface area contributed by atoms with Gasteiger partial charge in [-0.05, 0) is 59.3 Å². The van der Waals surface area contributed by atoms with E-state index < -0.39 is 0 Å². The Morgan fingerprint density at radius 3 is 2.50 bits per heavy atom. The van der Waals surface area contributed by atoms with Crippen molar-refractivity contribution in [1.29, 1.82) is 0 Å². The van der Waals surface area contributed by atoms with Gasteiger partial charge < -0.3 is 15.3 Å². The van der Waals surface area contributed by atoms with Gasteiger partial charge >= 0.3 is 0 Å². The summed E-state index contributed by atoms with van der Waals surface area (Å²) >= 11 is 0. The number of likely N-dealkylation sites (tertiary alicyclic amines) is 1. The number of nitrogens with zero attached hydrogens (tertiary/aromatic N) is 1. The second kappa shape index (κ2) is 5.69. The molecule has 84 valence electrons. The van der Waals surface area contributed by atoms with Gasteiger partial charge in [-0.2, -0.15) is 0 Å². The molecule has 3 heteroatoms. The molecule has 1 aliphatic rings. The lowest BCUT2D eigenvalue weighted by Crippen LogP contribution is -2.43. The number of nitrogens with one attached hydrogen (secondary N) is 1. The van der Waals surface area contributed by atoms with E-state index in [1.54, 1.807) is 0 Å². The highest BCUT2D eigenvalue weighted by molar-refractivity contribution is 4.76. The third-order valence-corrected chi connectivity index (χ3v) is 2.85. The van der Waals surface area contributed by atoms with Crippen molar-refractivity contribution in [1.82, 2.24) is 10.2 Å². The molecule has 0 atom stereocenters. The maximum atomic E-state index is 9.03. The molecule has 3 nitrogen and oxygen atoms in total. The SMILES string of the molecule is CC(C)(CO)NCCCN1CCCC1. The molecule has 0 aromatic heterocycles. The first-order valence-electron chi connectivity index (χ1n) is 5.72. The fourth-order valence-electron chi connectivity index (χ4n) is 1.79. The Morgan fingerprint density at radius 1 is 1.29 bits per heavy atom. The molecular formula is C11H24N2O. The number of aliphatic hydroxyl groups excluding tert-OH is 1. The second-order valence-corrected chi connectivity index (χ2v) is 4.87. The number of rotatable bonds is 6. The van der Waals surface area contributed by atoms with E-state index in [9.17, 15) is 0 Å². The summed E-state index contributed by atoms with van der Waals surface area (Å²) in [5, 5.41) is 12.4. The third-order valence-electron chi connectivity index (χ3n) is 2.85. The van der Waals surface area contributed by atoms with Crippen LogP contribution in [0.2, 0.25) is 0 Å². The van der Waals surface area contributed by atoms with Gasteiger partial charge in [-0.1, -0.05) is 0 Å². The van der Waals surface area contributed by atoms with Crippen LogP contribution in [0.4, 0.5) is 0 Å². The molecule has 0 aromatic rings. The highest BCUT2D eigenvalue weighted by Crippen LogP contribution is 2.07. The normalized spacial score (nSPS) is 19.1. The van der Waals surface area contributed by atoms with Gasteiger partial charge in [0.1, 0.15) is 0 Å². The summed E-state index contributed by atoms with van der Waals surface area (Å²) < 4.78 is 0. The lowest BCUT2D eigenvalue weighted by molar-refractivity contribution is 0.186. The van der Waals surface area contributed by atoms with Crippen LogP contribution in [0.1, 0.15) is 33.1 Å². The molecule has 1 saturated heterocycles. The number of aliphatic hydroxyl groups is 1. The van der Waals surface area contributed by atoms with E-state index in [1.807, 2.05) is 13.8 Å². The molecule has 1 fully saturated rings. The van der Waals surface area contributed by atoms with Crippen molar-refractivity contribution in [3.63, 3.8) is 0 Å². The number of hydrogen-bond donors (Lipinski definition) is 2. The zero-order chi connectivity index (χ0) is 10.4. The van der Waals surface area contributed by atoms with Crippen molar-refractivity contribution in [3.05, 3.63) is 0 Å². The second-order valence-electron chi connectivity index (χ2n) is 4.87. The quantitative estimate of drug-likeness (QED) is 0.624. The van der Waals surface area contributed by atoms with Gasteiger partial charge in [0.05, 0.1) is 6.61 Å². The van der Waals surface area contributed by atoms with E-state index in [2.05, 4.69) is 10.2 Å². The fraction of sp³-hybridized carbons (Fsp3) is 1.00. The molecule has 0 spiro atoms. The first-order chi connectivity index (χ1) is 6.64. The van der Waals surface area contributed by atoms with Crippen molar-refractivity contribution in [2.75, 3.05) is 32.8 Å². The van der Waals surface area contributed by atoms with Crippen LogP contribution < -0.4 is 5.32 Å². The van der Waals surface area contributed by atoms with E-state index >= 15 is 0 Å². The Morgan fingerprint density at radius 2 is 1.93 bits per heavy atom. The monoisotopic (exact) mass is 200 g/mol. The van der Waals surface area contributed by atoms with Crippen molar-refractivity contribution in [2.24, 2.45) is 0 Å². The van der Waals surface area contributed by atoms with E-state index in [4.69, 9.17) is 5.11 Å². The van der Waals surface area contributed by atoms with Crippen LogP contribution in [-0.4, -0.2) is 48.3 Å². The summed E-state index contributed by atoms with van der Waals surface area (Å²) in [5.74, 6) is 0. The molecule has 1 aliphatic heterocycles. The van der Waals surface area contributed by atoms with E-state index in [0.717, 1.165) is 6.54 Å². The highest BCUT2D eigenvalue weighted by Gasteiger charge is 2.15. The largest absolute Gasteiger partial charge is 0.394 e. The smallest absolute Gasteiger partial charge is 0.0607 e. The van der Waals surface area contributed by atoms with Gasteiger partial charge in [-0.25, -0.2) is 0 Å². The average Bonchev–Trinajstić information content (AvgIpc) is 2.65. The molecule has 0 aromatic carbocycles. The predicted molar refractivity (Wildman–Crippen MR) is 59.5 cm³/mol. The zero-order valence-electron chi connectivity index (χ0n) is 9.55. The third kappa shape index (κ3) is 4.40. The zero-order valence-corrected chi connectivity index (χ0v) is 9.55. The predicted octanol–water partition coefficient (Wildman–Crippen LogP) is 0.833. The van der Waals surface area contributed by atoms with Crippen molar-refractivity contribution in [2.45, 2.75) is 38.6 Å². The Labute approximate surface area is 87.5 Å². The summed E-state index contributed by atoms with van der Waals surface area (Å²) in [6, 6.07) is 0. The maximum Gasteiger partial charge on any atom is 0.0607 e. The van der Waals surface area contributed by atoms with Crippen LogP contribution in [0.3, 0.4) is 0 Å². The average molecular weight is 200 g/mol. The maximum absolute atomic E-state index is 9.03. The van der Waals surface area contributed by atoms with E-state index in [0.29, 0.717) is 0 Å². The van der Waals surface area contributed by atoms with Gasteiger partial charge in [0, 0.05) is 5.54 Å². The lowest BCUT2D eigenvalue weighted by Gasteiger charge is -2.24. The Balaban J connectivity index is 1.98. The molecule has 0 saturated carbocycles. The van der Waals surface area contributed by atoms with Crippen molar-refractivity contribution in [3.8, 4) is 0 Å². The number of hydrogen-bond acceptors (Lipinski definition) is 3. The van der Waals surface area contributed by atoms with Crippen LogP contribution >= 0.6 is 0 Å². The first-order valence-corrected chi connectivity index (χ1v) is 5.72. The van der Waals surface area contributed by atoms with Crippen molar-refractivity contribution < 1.29 is 5.11 Å². The molecule has 0 radical (unpaired) electrons. The fourth-order valence-corrected chi connectivity index (χ4v) is 1.79. The lowest BCUT2D eigenvalue weighted by atomic mass is 10.1. The van der Waals surface area contributed by atoms with Gasteiger partial charge in [-0.3, -0.25) is 0 Å². The Kier molecular flexibility index (Phi) is 4.85. The van der Waals surface area contributed by atoms with Gasteiger partial charge in [-0.15, -0.1) is 0 Å². The molecule has 2 N–H and O–H groups in total. The molecule has 1 heterocycles. The standard InChI is InChI=1S/C11H24N2O/c1-11(2,10-14)12-6-5-9-13-7-3-4-8-13/h12,14H,3-10H2,1-2H3. The van der Waals surface area contributed by atoms with Crippen LogP contribution in [-0.2, 0) is 0 Å². The summed E-state index contributed by atoms with van der Waals surface area (Å²) in [4.78, 5) is 2.52. The van der Waals surface area contributed by atoms with Crippen LogP contribution in [0, 0.1) is 0 Å². The molecule has 0 bridgehead atoms. The topological polar surface area (TPSA) is 35.5 Å². The minimum Gasteiger partial charge on any atom is -0.394 e. The molecule has 0 unspecified atom stereocenters. The Hall–Kier alpha value is -0.120. The van der Waals surface area contributed by atoms with E-state index in [1.165, 1.54) is 38.9 Å². The van der Waals surface area contributed by atoms with Gasteiger partial charge in [0.2, 0.25) is 0 Å². The summed E-state index contributed by atoms with van der Waals surface area (Å²) in [5.41, 5.74) is -0.120. The molecule has 0 amide bonds. The van der Waals surface area contributed by atoms with E-state index in [-0.39, 0.29) is 12.1 Å². The summed E-state index contributed by atoms with van der Waals surface area (Å²) in [6.07, 6.45) is 3.93. The summed E-state index contributed by atoms with van der Waals surface area (Å²) in [6.45, 7) is 9.04.